The van der Waals surface area contributed by atoms with Gasteiger partial charge in [0.25, 0.3) is 0 Å². The van der Waals surface area contributed by atoms with E-state index in [1.165, 1.54) is 0 Å². The van der Waals surface area contributed by atoms with Gasteiger partial charge < -0.3 is 10.1 Å². The van der Waals surface area contributed by atoms with Crippen molar-refractivity contribution in [2.75, 3.05) is 39.4 Å². The maximum atomic E-state index is 9.98. The maximum absolute atomic E-state index is 9.98. The second kappa shape index (κ2) is 9.48. The van der Waals surface area contributed by atoms with E-state index in [0.29, 0.717) is 6.54 Å². The number of carbonyl (C=O) groups excluding carboxylic acids is 1. The molecular formula is C9H20N2O2. The molecule has 0 aliphatic heterocycles. The monoisotopic (exact) mass is 188 g/mol. The van der Waals surface area contributed by atoms with Gasteiger partial charge in [-0.05, 0) is 13.5 Å². The first kappa shape index (κ1) is 12.4. The largest absolute Gasteiger partial charge is 0.380 e. The van der Waals surface area contributed by atoms with E-state index >= 15 is 0 Å². The molecule has 0 rings (SSSR count). The minimum atomic E-state index is 0.712. The number of carbonyl (C=O) groups is 1. The molecule has 0 saturated carbocycles. The summed E-state index contributed by atoms with van der Waals surface area (Å²) in [6, 6.07) is 0. The third-order valence-corrected chi connectivity index (χ3v) is 1.86. The lowest BCUT2D eigenvalue weighted by molar-refractivity contribution is -0.109. The number of hydrogen-bond donors (Lipinski definition) is 1. The summed E-state index contributed by atoms with van der Waals surface area (Å²) in [7, 11) is 0. The molecule has 0 fully saturated rings. The molecule has 0 saturated heterocycles. The second-order valence-electron chi connectivity index (χ2n) is 2.70. The molecule has 0 unspecified atom stereocenters. The lowest BCUT2D eigenvalue weighted by Crippen LogP contribution is -2.34. The van der Waals surface area contributed by atoms with Crippen molar-refractivity contribution in [3.8, 4) is 0 Å². The number of hydrogen-bond acceptors (Lipinski definition) is 3. The third kappa shape index (κ3) is 7.74. The first-order valence-electron chi connectivity index (χ1n) is 4.82. The first-order chi connectivity index (χ1) is 6.35. The van der Waals surface area contributed by atoms with E-state index in [2.05, 4.69) is 17.1 Å². The minimum Gasteiger partial charge on any atom is -0.380 e. The summed E-state index contributed by atoms with van der Waals surface area (Å²) in [6.45, 7) is 9.16. The number of likely N-dealkylation sites (N-methyl/N-ethyl adjacent to an activating group) is 1. The third-order valence-electron chi connectivity index (χ3n) is 1.86. The van der Waals surface area contributed by atoms with Crippen molar-refractivity contribution in [1.82, 2.24) is 10.2 Å². The molecule has 0 aromatic rings. The van der Waals surface area contributed by atoms with Crippen LogP contribution < -0.4 is 5.32 Å². The lowest BCUT2D eigenvalue weighted by Gasteiger charge is -2.19. The molecule has 0 aliphatic rings. The van der Waals surface area contributed by atoms with Gasteiger partial charge in [0, 0.05) is 26.2 Å². The topological polar surface area (TPSA) is 41.6 Å². The van der Waals surface area contributed by atoms with Crippen molar-refractivity contribution in [3.05, 3.63) is 0 Å². The van der Waals surface area contributed by atoms with E-state index in [0.717, 1.165) is 39.3 Å². The summed E-state index contributed by atoms with van der Waals surface area (Å²) >= 11 is 0. The van der Waals surface area contributed by atoms with Gasteiger partial charge in [-0.3, -0.25) is 9.69 Å². The predicted octanol–water partition coefficient (Wildman–Crippen LogP) is 0.0908. The second-order valence-corrected chi connectivity index (χ2v) is 2.70. The van der Waals surface area contributed by atoms with Crippen molar-refractivity contribution in [1.29, 1.82) is 0 Å². The van der Waals surface area contributed by atoms with Crippen molar-refractivity contribution in [2.24, 2.45) is 0 Å². The Bertz CT molecular complexity index is 120. The van der Waals surface area contributed by atoms with Crippen LogP contribution in [0.3, 0.4) is 0 Å². The number of nitrogens with one attached hydrogen (secondary N) is 1. The highest BCUT2D eigenvalue weighted by molar-refractivity contribution is 5.45. The molecule has 1 amide bonds. The standard InChI is InChI=1S/C9H20N2O2/c1-3-11(6-5-10-9-12)7-8-13-4-2/h9H,3-8H2,1-2H3,(H,10,12). The molecule has 0 aromatic heterocycles. The van der Waals surface area contributed by atoms with Gasteiger partial charge >= 0.3 is 0 Å². The average Bonchev–Trinajstić information content (AvgIpc) is 2.16. The van der Waals surface area contributed by atoms with Crippen LogP contribution in [0.5, 0.6) is 0 Å². The Morgan fingerprint density at radius 3 is 2.69 bits per heavy atom. The molecule has 13 heavy (non-hydrogen) atoms. The van der Waals surface area contributed by atoms with Crippen molar-refractivity contribution < 1.29 is 9.53 Å². The zero-order valence-corrected chi connectivity index (χ0v) is 8.58. The molecule has 0 aliphatic carbocycles. The molecule has 1 N–H and O–H groups in total. The van der Waals surface area contributed by atoms with Gasteiger partial charge in [0.05, 0.1) is 6.61 Å². The maximum Gasteiger partial charge on any atom is 0.207 e. The van der Waals surface area contributed by atoms with E-state index < -0.39 is 0 Å². The molecule has 0 spiro atoms. The van der Waals surface area contributed by atoms with E-state index in [4.69, 9.17) is 4.74 Å². The summed E-state index contributed by atoms with van der Waals surface area (Å²) in [4.78, 5) is 12.2. The normalized spacial score (nSPS) is 10.4. The number of ether oxygens (including phenoxy) is 1. The van der Waals surface area contributed by atoms with Crippen molar-refractivity contribution >= 4 is 6.41 Å². The Morgan fingerprint density at radius 2 is 2.15 bits per heavy atom. The number of nitrogens with zero attached hydrogens (tertiary/aromatic N) is 1. The Balaban J connectivity index is 3.33. The zero-order chi connectivity index (χ0) is 9.94. The number of rotatable bonds is 9. The van der Waals surface area contributed by atoms with Gasteiger partial charge in [-0.1, -0.05) is 6.92 Å². The molecule has 4 heteroatoms. The SMILES string of the molecule is CCOCCN(CC)CCNC=O. The fourth-order valence-corrected chi connectivity index (χ4v) is 1.05. The summed E-state index contributed by atoms with van der Waals surface area (Å²) in [6.07, 6.45) is 0.733. The first-order valence-corrected chi connectivity index (χ1v) is 4.82. The van der Waals surface area contributed by atoms with E-state index in [1.54, 1.807) is 0 Å². The molecule has 0 aromatic carbocycles. The molecule has 0 radical (unpaired) electrons. The fraction of sp³-hybridized carbons (Fsp3) is 0.889. The van der Waals surface area contributed by atoms with Crippen LogP contribution in [0, 0.1) is 0 Å². The Labute approximate surface area is 80.2 Å². The molecule has 0 heterocycles. The van der Waals surface area contributed by atoms with Crippen LogP contribution in [-0.4, -0.2) is 50.7 Å². The molecular weight excluding hydrogens is 168 g/mol. The molecule has 4 nitrogen and oxygen atoms in total. The smallest absolute Gasteiger partial charge is 0.207 e. The van der Waals surface area contributed by atoms with Gasteiger partial charge in [0.1, 0.15) is 0 Å². The van der Waals surface area contributed by atoms with Crippen molar-refractivity contribution in [2.45, 2.75) is 13.8 Å². The van der Waals surface area contributed by atoms with Crippen LogP contribution in [0.15, 0.2) is 0 Å². The van der Waals surface area contributed by atoms with Gasteiger partial charge in [-0.15, -0.1) is 0 Å². The van der Waals surface area contributed by atoms with Crippen LogP contribution in [0.2, 0.25) is 0 Å². The van der Waals surface area contributed by atoms with E-state index in [9.17, 15) is 4.79 Å². The fourth-order valence-electron chi connectivity index (χ4n) is 1.05. The minimum absolute atomic E-state index is 0.712. The average molecular weight is 188 g/mol. The highest BCUT2D eigenvalue weighted by atomic mass is 16.5. The van der Waals surface area contributed by atoms with Crippen LogP contribution in [-0.2, 0) is 9.53 Å². The van der Waals surface area contributed by atoms with Crippen LogP contribution in [0.4, 0.5) is 0 Å². The Kier molecular flexibility index (Phi) is 9.03. The molecule has 0 bridgehead atoms. The highest BCUT2D eigenvalue weighted by Crippen LogP contribution is 1.86. The van der Waals surface area contributed by atoms with Crippen LogP contribution in [0.25, 0.3) is 0 Å². The van der Waals surface area contributed by atoms with Crippen LogP contribution in [0.1, 0.15) is 13.8 Å². The Hall–Kier alpha value is -0.610. The molecule has 78 valence electrons. The lowest BCUT2D eigenvalue weighted by atomic mass is 10.4. The van der Waals surface area contributed by atoms with E-state index in [-0.39, 0.29) is 0 Å². The summed E-state index contributed by atoms with van der Waals surface area (Å²) in [5, 5.41) is 2.64. The van der Waals surface area contributed by atoms with Gasteiger partial charge in [0.2, 0.25) is 6.41 Å². The van der Waals surface area contributed by atoms with Crippen molar-refractivity contribution in [3.63, 3.8) is 0 Å². The van der Waals surface area contributed by atoms with Gasteiger partial charge in [-0.25, -0.2) is 0 Å². The highest BCUT2D eigenvalue weighted by Gasteiger charge is 2.00. The summed E-state index contributed by atoms with van der Waals surface area (Å²) < 4.78 is 5.24. The Morgan fingerprint density at radius 1 is 1.38 bits per heavy atom. The summed E-state index contributed by atoms with van der Waals surface area (Å²) in [5.41, 5.74) is 0. The summed E-state index contributed by atoms with van der Waals surface area (Å²) in [5.74, 6) is 0. The quantitative estimate of drug-likeness (QED) is 0.412. The van der Waals surface area contributed by atoms with Crippen LogP contribution >= 0.6 is 0 Å². The van der Waals surface area contributed by atoms with Gasteiger partial charge in [-0.2, -0.15) is 0 Å². The van der Waals surface area contributed by atoms with E-state index in [1.807, 2.05) is 6.92 Å². The number of amides is 1. The molecule has 0 atom stereocenters. The van der Waals surface area contributed by atoms with Gasteiger partial charge in [0.15, 0.2) is 0 Å². The predicted molar refractivity (Wildman–Crippen MR) is 52.7 cm³/mol. The zero-order valence-electron chi connectivity index (χ0n) is 8.58.